The normalized spacial score (nSPS) is 18.9. The van der Waals surface area contributed by atoms with Gasteiger partial charge in [-0.25, -0.2) is 0 Å². The number of phenolic OH excluding ortho intramolecular Hbond substituents is 1. The molecule has 1 aromatic heterocycles. The van der Waals surface area contributed by atoms with Crippen LogP contribution in [0.3, 0.4) is 0 Å². The number of aromatic hydroxyl groups is 1. The summed E-state index contributed by atoms with van der Waals surface area (Å²) in [5.74, 6) is 1.03. The Morgan fingerprint density at radius 1 is 1.16 bits per heavy atom. The smallest absolute Gasteiger partial charge is 0.258 e. The van der Waals surface area contributed by atoms with E-state index in [4.69, 9.17) is 10.3 Å². The molecule has 1 fully saturated rings. The van der Waals surface area contributed by atoms with Crippen molar-refractivity contribution >= 4 is 5.69 Å². The first-order valence-corrected chi connectivity index (χ1v) is 11.2. The average molecular weight is 420 g/mol. The summed E-state index contributed by atoms with van der Waals surface area (Å²) in [5, 5.41) is 17.6. The fraction of sp³-hybridized carbons (Fsp3) is 0.417. The van der Waals surface area contributed by atoms with Gasteiger partial charge in [-0.3, -0.25) is 0 Å². The predicted octanol–water partition coefficient (Wildman–Crippen LogP) is 3.75. The monoisotopic (exact) mass is 419 g/mol. The highest BCUT2D eigenvalue weighted by Gasteiger charge is 2.26. The van der Waals surface area contributed by atoms with Gasteiger partial charge in [-0.05, 0) is 68.1 Å². The number of phenols is 1. The van der Waals surface area contributed by atoms with Crippen molar-refractivity contribution in [1.82, 2.24) is 20.4 Å². The minimum Gasteiger partial charge on any atom is -0.506 e. The molecule has 7 nitrogen and oxygen atoms in total. The number of fused-ring (bicyclic) bond motifs is 1. The van der Waals surface area contributed by atoms with Crippen LogP contribution in [0.5, 0.6) is 5.75 Å². The van der Waals surface area contributed by atoms with Gasteiger partial charge in [-0.2, -0.15) is 4.98 Å². The van der Waals surface area contributed by atoms with Gasteiger partial charge in [0.15, 0.2) is 0 Å². The molecule has 0 saturated carbocycles. The predicted molar refractivity (Wildman–Crippen MR) is 121 cm³/mol. The van der Waals surface area contributed by atoms with E-state index in [0.717, 1.165) is 31.5 Å². The van der Waals surface area contributed by atoms with Gasteiger partial charge in [0.2, 0.25) is 5.82 Å². The zero-order valence-corrected chi connectivity index (χ0v) is 17.7. The van der Waals surface area contributed by atoms with Gasteiger partial charge in [0, 0.05) is 30.3 Å². The molecule has 31 heavy (non-hydrogen) atoms. The van der Waals surface area contributed by atoms with E-state index in [2.05, 4.69) is 38.6 Å². The summed E-state index contributed by atoms with van der Waals surface area (Å²) >= 11 is 0. The number of nitrogens with one attached hydrogen (secondary N) is 1. The summed E-state index contributed by atoms with van der Waals surface area (Å²) in [7, 11) is 0. The van der Waals surface area contributed by atoms with Crippen molar-refractivity contribution < 1.29 is 9.63 Å². The number of nitrogens with zero attached hydrogens (tertiary/aromatic N) is 3. The number of piperidine rings is 1. The largest absolute Gasteiger partial charge is 0.506 e. The number of anilines is 1. The second kappa shape index (κ2) is 8.69. The Balaban J connectivity index is 1.31. The number of likely N-dealkylation sites (tertiary alicyclic amines) is 1. The SMILES string of the molecule is Nc1cc(-c2nc(-c3cccc4c3CCC4NCCN3CCCCC3)no2)ccc1O. The molecule has 4 N–H and O–H groups in total. The van der Waals surface area contributed by atoms with E-state index in [1.807, 2.05) is 0 Å². The molecule has 0 radical (unpaired) electrons. The van der Waals surface area contributed by atoms with Crippen LogP contribution in [0, 0.1) is 0 Å². The molecule has 2 aliphatic rings. The maximum atomic E-state index is 9.64. The van der Waals surface area contributed by atoms with Crippen LogP contribution in [-0.2, 0) is 6.42 Å². The second-order valence-electron chi connectivity index (χ2n) is 8.52. The zero-order valence-electron chi connectivity index (χ0n) is 17.7. The van der Waals surface area contributed by atoms with Crippen LogP contribution in [-0.4, -0.2) is 46.3 Å². The molecule has 5 rings (SSSR count). The van der Waals surface area contributed by atoms with Crippen molar-refractivity contribution in [3.63, 3.8) is 0 Å². The zero-order chi connectivity index (χ0) is 21.2. The van der Waals surface area contributed by atoms with Crippen molar-refractivity contribution in [2.24, 2.45) is 0 Å². The number of nitrogens with two attached hydrogens (primary N) is 1. The van der Waals surface area contributed by atoms with Gasteiger partial charge >= 0.3 is 0 Å². The molecule has 1 aliphatic heterocycles. The number of nitrogen functional groups attached to an aromatic ring is 1. The molecule has 3 aromatic rings. The van der Waals surface area contributed by atoms with E-state index in [1.165, 1.54) is 49.5 Å². The molecule has 1 saturated heterocycles. The molecule has 1 unspecified atom stereocenters. The van der Waals surface area contributed by atoms with Crippen LogP contribution in [0.2, 0.25) is 0 Å². The molecule has 1 atom stereocenters. The average Bonchev–Trinajstić information content (AvgIpc) is 3.44. The lowest BCUT2D eigenvalue weighted by molar-refractivity contribution is 0.226. The highest BCUT2D eigenvalue weighted by Crippen LogP contribution is 2.37. The highest BCUT2D eigenvalue weighted by molar-refractivity contribution is 5.68. The Kier molecular flexibility index (Phi) is 5.61. The quantitative estimate of drug-likeness (QED) is 0.413. The first kappa shape index (κ1) is 20.0. The van der Waals surface area contributed by atoms with E-state index in [1.54, 1.807) is 12.1 Å². The molecule has 7 heteroatoms. The van der Waals surface area contributed by atoms with Gasteiger partial charge in [-0.15, -0.1) is 0 Å². The summed E-state index contributed by atoms with van der Waals surface area (Å²) in [6, 6.07) is 11.6. The van der Waals surface area contributed by atoms with E-state index in [0.29, 0.717) is 23.3 Å². The van der Waals surface area contributed by atoms with Crippen LogP contribution >= 0.6 is 0 Å². The Hall–Kier alpha value is -2.90. The number of hydrogen-bond donors (Lipinski definition) is 3. The van der Waals surface area contributed by atoms with E-state index >= 15 is 0 Å². The molecule has 1 aliphatic carbocycles. The highest BCUT2D eigenvalue weighted by atomic mass is 16.5. The molecule has 0 spiro atoms. The fourth-order valence-electron chi connectivity index (χ4n) is 4.79. The van der Waals surface area contributed by atoms with Gasteiger partial charge in [0.05, 0.1) is 5.69 Å². The van der Waals surface area contributed by atoms with Gasteiger partial charge in [0.1, 0.15) is 5.75 Å². The van der Waals surface area contributed by atoms with Crippen LogP contribution in [0.4, 0.5) is 5.69 Å². The van der Waals surface area contributed by atoms with E-state index in [9.17, 15) is 5.11 Å². The minimum absolute atomic E-state index is 0.0446. The lowest BCUT2D eigenvalue weighted by atomic mass is 10.0. The first-order chi connectivity index (χ1) is 15.2. The Bertz CT molecular complexity index is 1060. The van der Waals surface area contributed by atoms with Crippen LogP contribution in [0.25, 0.3) is 22.8 Å². The number of aromatic nitrogens is 2. The van der Waals surface area contributed by atoms with Crippen molar-refractivity contribution in [2.45, 2.75) is 38.1 Å². The topological polar surface area (TPSA) is 100 Å². The Morgan fingerprint density at radius 2 is 2.03 bits per heavy atom. The van der Waals surface area contributed by atoms with Crippen LogP contribution < -0.4 is 11.1 Å². The van der Waals surface area contributed by atoms with Crippen molar-refractivity contribution in [3.8, 4) is 28.6 Å². The maximum absolute atomic E-state index is 9.64. The lowest BCUT2D eigenvalue weighted by Gasteiger charge is -2.27. The Labute approximate surface area is 182 Å². The molecule has 0 amide bonds. The third kappa shape index (κ3) is 4.16. The number of rotatable bonds is 6. The summed E-state index contributed by atoms with van der Waals surface area (Å²) in [4.78, 5) is 7.17. The minimum atomic E-state index is 0.0446. The Morgan fingerprint density at radius 3 is 2.87 bits per heavy atom. The van der Waals surface area contributed by atoms with Crippen molar-refractivity contribution in [2.75, 3.05) is 31.9 Å². The first-order valence-electron chi connectivity index (χ1n) is 11.2. The van der Waals surface area contributed by atoms with Gasteiger partial charge < -0.3 is 25.6 Å². The van der Waals surface area contributed by atoms with Gasteiger partial charge in [-0.1, -0.05) is 29.8 Å². The number of benzene rings is 2. The fourth-order valence-corrected chi connectivity index (χ4v) is 4.79. The van der Waals surface area contributed by atoms with E-state index < -0.39 is 0 Å². The van der Waals surface area contributed by atoms with Gasteiger partial charge in [0.25, 0.3) is 5.89 Å². The third-order valence-electron chi connectivity index (χ3n) is 6.48. The number of hydrogen-bond acceptors (Lipinski definition) is 7. The van der Waals surface area contributed by atoms with Crippen LogP contribution in [0.15, 0.2) is 40.9 Å². The summed E-state index contributed by atoms with van der Waals surface area (Å²) in [6.07, 6.45) is 6.13. The second-order valence-corrected chi connectivity index (χ2v) is 8.52. The lowest BCUT2D eigenvalue weighted by Crippen LogP contribution is -2.36. The van der Waals surface area contributed by atoms with Crippen molar-refractivity contribution in [3.05, 3.63) is 47.5 Å². The molecular formula is C24H29N5O2. The van der Waals surface area contributed by atoms with Crippen molar-refractivity contribution in [1.29, 1.82) is 0 Å². The summed E-state index contributed by atoms with van der Waals surface area (Å²) in [6.45, 7) is 4.61. The molecular weight excluding hydrogens is 390 g/mol. The third-order valence-corrected chi connectivity index (χ3v) is 6.48. The summed E-state index contributed by atoms with van der Waals surface area (Å²) < 4.78 is 5.50. The van der Waals surface area contributed by atoms with E-state index in [-0.39, 0.29) is 11.4 Å². The molecule has 2 aromatic carbocycles. The molecule has 162 valence electrons. The molecule has 0 bridgehead atoms. The maximum Gasteiger partial charge on any atom is 0.258 e. The summed E-state index contributed by atoms with van der Waals surface area (Å²) in [5.41, 5.74) is 10.5. The standard InChI is InChI=1S/C24H29N5O2/c25-20-15-16(7-10-22(20)30)24-27-23(28-31-24)19-6-4-5-18-17(19)8-9-21(18)26-11-14-29-12-2-1-3-13-29/h4-7,10,15,21,26,30H,1-3,8-9,11-14,25H2. The molecule has 2 heterocycles. The van der Waals surface area contributed by atoms with Crippen LogP contribution in [0.1, 0.15) is 42.9 Å².